The molecule has 1 unspecified atom stereocenters. The second kappa shape index (κ2) is 8.25. The van der Waals surface area contributed by atoms with Gasteiger partial charge in [0.05, 0.1) is 5.92 Å². The second-order valence-electron chi connectivity index (χ2n) is 4.74. The van der Waals surface area contributed by atoms with Crippen molar-refractivity contribution < 1.29 is 9.53 Å². The van der Waals surface area contributed by atoms with E-state index in [1.807, 2.05) is 61.5 Å². The van der Waals surface area contributed by atoms with Gasteiger partial charge in [0.1, 0.15) is 6.61 Å². The summed E-state index contributed by atoms with van der Waals surface area (Å²) < 4.78 is 6.40. The quantitative estimate of drug-likeness (QED) is 0.537. The molecule has 4 heteroatoms. The average molecular weight is 365 g/mol. The average Bonchev–Trinajstić information content (AvgIpc) is 2.52. The molecule has 110 valence electrons. The molecule has 2 aromatic carbocycles. The van der Waals surface area contributed by atoms with Gasteiger partial charge < -0.3 is 4.74 Å². The molecule has 2 nitrogen and oxygen atoms in total. The molecule has 0 fully saturated rings. The lowest BCUT2D eigenvalue weighted by Crippen LogP contribution is -2.16. The predicted octanol–water partition coefficient (Wildman–Crippen LogP) is 4.92. The Balaban J connectivity index is 1.79. The molecule has 0 aliphatic rings. The van der Waals surface area contributed by atoms with E-state index < -0.39 is 0 Å². The molecular weight excluding hydrogens is 348 g/mol. The zero-order valence-electron chi connectivity index (χ0n) is 11.8. The van der Waals surface area contributed by atoms with E-state index in [0.29, 0.717) is 12.4 Å². The second-order valence-corrected chi connectivity index (χ2v) is 6.65. The lowest BCUT2D eigenvalue weighted by Gasteiger charge is -2.12. The van der Waals surface area contributed by atoms with E-state index in [0.717, 1.165) is 14.9 Å². The lowest BCUT2D eigenvalue weighted by atomic mass is 10.2. The molecule has 0 aromatic heterocycles. The molecule has 0 bridgehead atoms. The molecular formula is C17H17BrO2S. The van der Waals surface area contributed by atoms with Crippen molar-refractivity contribution in [3.05, 3.63) is 64.6 Å². The van der Waals surface area contributed by atoms with Crippen molar-refractivity contribution in [1.82, 2.24) is 0 Å². The van der Waals surface area contributed by atoms with Crippen molar-refractivity contribution in [3.8, 4) is 0 Å². The van der Waals surface area contributed by atoms with Gasteiger partial charge >= 0.3 is 5.97 Å². The molecule has 2 rings (SSSR count). The highest BCUT2D eigenvalue weighted by atomic mass is 79.9. The third-order valence-corrected chi connectivity index (χ3v) is 5.24. The van der Waals surface area contributed by atoms with Gasteiger partial charge in [-0.05, 0) is 33.6 Å². The largest absolute Gasteiger partial charge is 0.461 e. The number of esters is 1. The van der Waals surface area contributed by atoms with Crippen molar-refractivity contribution in [3.63, 3.8) is 0 Å². The Kier molecular flexibility index (Phi) is 6.33. The van der Waals surface area contributed by atoms with Gasteiger partial charge in [-0.2, -0.15) is 0 Å². The van der Waals surface area contributed by atoms with E-state index in [1.165, 1.54) is 0 Å². The number of hydrogen-bond donors (Lipinski definition) is 0. The minimum Gasteiger partial charge on any atom is -0.461 e. The summed E-state index contributed by atoms with van der Waals surface area (Å²) in [6.45, 7) is 2.24. The molecule has 0 saturated carbocycles. The first-order valence-electron chi connectivity index (χ1n) is 6.74. The number of halogens is 1. The van der Waals surface area contributed by atoms with Crippen LogP contribution in [0, 0.1) is 5.92 Å². The lowest BCUT2D eigenvalue weighted by molar-refractivity contribution is -0.148. The zero-order valence-corrected chi connectivity index (χ0v) is 14.2. The maximum atomic E-state index is 12.0. The Morgan fingerprint density at radius 1 is 1.14 bits per heavy atom. The molecule has 0 saturated heterocycles. The van der Waals surface area contributed by atoms with Gasteiger partial charge in [0.2, 0.25) is 0 Å². The summed E-state index contributed by atoms with van der Waals surface area (Å²) in [6, 6.07) is 17.7. The molecule has 0 spiro atoms. The Bertz CT molecular complexity index is 586. The van der Waals surface area contributed by atoms with Crippen LogP contribution in [0.25, 0.3) is 0 Å². The van der Waals surface area contributed by atoms with Crippen LogP contribution in [-0.2, 0) is 16.1 Å². The molecule has 0 heterocycles. The number of carbonyl (C=O) groups excluding carboxylic acids is 1. The normalized spacial score (nSPS) is 11.9. The van der Waals surface area contributed by atoms with Crippen molar-refractivity contribution in [2.75, 3.05) is 5.75 Å². The van der Waals surface area contributed by atoms with Crippen LogP contribution in [0.1, 0.15) is 12.5 Å². The van der Waals surface area contributed by atoms with E-state index in [9.17, 15) is 4.79 Å². The van der Waals surface area contributed by atoms with Crippen LogP contribution in [0.3, 0.4) is 0 Å². The third-order valence-electron chi connectivity index (χ3n) is 2.95. The summed E-state index contributed by atoms with van der Waals surface area (Å²) >= 11 is 5.17. The maximum absolute atomic E-state index is 12.0. The van der Waals surface area contributed by atoms with Crippen LogP contribution < -0.4 is 0 Å². The Morgan fingerprint density at radius 2 is 1.81 bits per heavy atom. The SMILES string of the molecule is CC(CSc1ccccc1Br)C(=O)OCc1ccccc1. The van der Waals surface area contributed by atoms with Gasteiger partial charge in [-0.1, -0.05) is 49.4 Å². The van der Waals surface area contributed by atoms with Crippen molar-refractivity contribution in [1.29, 1.82) is 0 Å². The first-order valence-corrected chi connectivity index (χ1v) is 8.52. The predicted molar refractivity (Wildman–Crippen MR) is 90.3 cm³/mol. The fourth-order valence-corrected chi connectivity index (χ4v) is 3.29. The number of hydrogen-bond acceptors (Lipinski definition) is 3. The van der Waals surface area contributed by atoms with E-state index in [2.05, 4.69) is 15.9 Å². The topological polar surface area (TPSA) is 26.3 Å². The molecule has 0 radical (unpaired) electrons. The summed E-state index contributed by atoms with van der Waals surface area (Å²) in [6.07, 6.45) is 0. The highest BCUT2D eigenvalue weighted by Gasteiger charge is 2.15. The summed E-state index contributed by atoms with van der Waals surface area (Å²) in [5, 5.41) is 0. The highest BCUT2D eigenvalue weighted by molar-refractivity contribution is 9.10. The number of thioether (sulfide) groups is 1. The van der Waals surface area contributed by atoms with Gasteiger partial charge in [0.15, 0.2) is 0 Å². The van der Waals surface area contributed by atoms with Crippen LogP contribution in [-0.4, -0.2) is 11.7 Å². The first-order chi connectivity index (χ1) is 10.2. The summed E-state index contributed by atoms with van der Waals surface area (Å²) in [5.74, 6) is 0.417. The molecule has 0 aliphatic heterocycles. The Morgan fingerprint density at radius 3 is 2.52 bits per heavy atom. The molecule has 0 amide bonds. The van der Waals surface area contributed by atoms with Gasteiger partial charge in [0, 0.05) is 15.1 Å². The smallest absolute Gasteiger partial charge is 0.309 e. The Hall–Kier alpha value is -1.26. The Labute approximate surface area is 138 Å². The van der Waals surface area contributed by atoms with Gasteiger partial charge in [-0.25, -0.2) is 0 Å². The van der Waals surface area contributed by atoms with Gasteiger partial charge in [-0.3, -0.25) is 4.79 Å². The highest BCUT2D eigenvalue weighted by Crippen LogP contribution is 2.28. The molecule has 0 N–H and O–H groups in total. The van der Waals surface area contributed by atoms with E-state index in [4.69, 9.17) is 4.74 Å². The minimum absolute atomic E-state index is 0.134. The number of benzene rings is 2. The van der Waals surface area contributed by atoms with Crippen LogP contribution >= 0.6 is 27.7 Å². The van der Waals surface area contributed by atoms with Crippen molar-refractivity contribution >= 4 is 33.7 Å². The van der Waals surface area contributed by atoms with E-state index in [-0.39, 0.29) is 11.9 Å². The summed E-state index contributed by atoms with van der Waals surface area (Å²) in [4.78, 5) is 13.1. The number of rotatable bonds is 6. The third kappa shape index (κ3) is 5.21. The fraction of sp³-hybridized carbons (Fsp3) is 0.235. The fourth-order valence-electron chi connectivity index (χ4n) is 1.72. The van der Waals surface area contributed by atoms with Crippen molar-refractivity contribution in [2.24, 2.45) is 5.92 Å². The molecule has 2 aromatic rings. The zero-order chi connectivity index (χ0) is 15.1. The molecule has 21 heavy (non-hydrogen) atoms. The molecule has 1 atom stereocenters. The summed E-state index contributed by atoms with van der Waals surface area (Å²) in [5.41, 5.74) is 1.01. The molecule has 0 aliphatic carbocycles. The number of ether oxygens (including phenoxy) is 1. The van der Waals surface area contributed by atoms with Crippen LogP contribution in [0.4, 0.5) is 0 Å². The summed E-state index contributed by atoms with van der Waals surface area (Å²) in [7, 11) is 0. The van der Waals surface area contributed by atoms with Crippen LogP contribution in [0.5, 0.6) is 0 Å². The first kappa shape index (κ1) is 16.1. The van der Waals surface area contributed by atoms with E-state index >= 15 is 0 Å². The van der Waals surface area contributed by atoms with Crippen LogP contribution in [0.2, 0.25) is 0 Å². The number of carbonyl (C=O) groups is 1. The standard InChI is InChI=1S/C17H17BrO2S/c1-13(12-21-16-10-6-5-9-15(16)18)17(19)20-11-14-7-3-2-4-8-14/h2-10,13H,11-12H2,1H3. The monoisotopic (exact) mass is 364 g/mol. The van der Waals surface area contributed by atoms with Gasteiger partial charge in [0.25, 0.3) is 0 Å². The minimum atomic E-state index is -0.154. The van der Waals surface area contributed by atoms with Crippen molar-refractivity contribution in [2.45, 2.75) is 18.4 Å². The van der Waals surface area contributed by atoms with Crippen LogP contribution in [0.15, 0.2) is 64.0 Å². The van der Waals surface area contributed by atoms with E-state index in [1.54, 1.807) is 11.8 Å². The van der Waals surface area contributed by atoms with Gasteiger partial charge in [-0.15, -0.1) is 11.8 Å². The maximum Gasteiger partial charge on any atom is 0.309 e.